The Hall–Kier alpha value is -1.88. The van der Waals surface area contributed by atoms with Gasteiger partial charge in [-0.3, -0.25) is 0 Å². The van der Waals surface area contributed by atoms with Crippen molar-refractivity contribution in [2.24, 2.45) is 5.92 Å². The quantitative estimate of drug-likeness (QED) is 0.757. The summed E-state index contributed by atoms with van der Waals surface area (Å²) in [6.07, 6.45) is 14.5. The molecule has 0 N–H and O–H groups in total. The van der Waals surface area contributed by atoms with E-state index in [0.29, 0.717) is 6.10 Å². The topological polar surface area (TPSA) is 12.5 Å². The third-order valence-corrected chi connectivity index (χ3v) is 4.66. The lowest BCUT2D eigenvalue weighted by Gasteiger charge is -2.17. The van der Waals surface area contributed by atoms with Crippen molar-refractivity contribution in [1.29, 1.82) is 0 Å². The zero-order valence-corrected chi connectivity index (χ0v) is 13.8. The number of rotatable bonds is 4. The van der Waals surface area contributed by atoms with Crippen LogP contribution in [-0.2, 0) is 17.6 Å². The number of fused-ring (bicyclic) bond motifs is 1. The summed E-state index contributed by atoms with van der Waals surface area (Å²) in [7, 11) is 0. The zero-order valence-electron chi connectivity index (χ0n) is 13.8. The van der Waals surface area contributed by atoms with E-state index in [9.17, 15) is 0 Å². The Balaban J connectivity index is 0.000000847. The number of benzene rings is 1. The van der Waals surface area contributed by atoms with E-state index in [1.165, 1.54) is 36.9 Å². The van der Waals surface area contributed by atoms with E-state index in [0.717, 1.165) is 24.8 Å². The lowest BCUT2D eigenvalue weighted by molar-refractivity contribution is 0.166. The fourth-order valence-electron chi connectivity index (χ4n) is 3.54. The van der Waals surface area contributed by atoms with Crippen LogP contribution in [0, 0.1) is 18.8 Å². The van der Waals surface area contributed by atoms with Gasteiger partial charge in [0.05, 0.1) is 6.54 Å². The highest BCUT2D eigenvalue weighted by Gasteiger charge is 2.28. The van der Waals surface area contributed by atoms with Crippen LogP contribution in [0.1, 0.15) is 44.2 Å². The Bertz CT molecular complexity index is 546. The fraction of sp³-hybridized carbons (Fsp3) is 0.500. The van der Waals surface area contributed by atoms with E-state index in [4.69, 9.17) is 4.74 Å². The van der Waals surface area contributed by atoms with Gasteiger partial charge in [0.15, 0.2) is 5.88 Å². The van der Waals surface area contributed by atoms with Gasteiger partial charge in [0.1, 0.15) is 6.10 Å². The molecule has 1 saturated heterocycles. The second-order valence-electron chi connectivity index (χ2n) is 6.17. The summed E-state index contributed by atoms with van der Waals surface area (Å²) < 4.78 is 5.79. The predicted molar refractivity (Wildman–Crippen MR) is 93.8 cm³/mol. The second kappa shape index (κ2) is 7.40. The minimum atomic E-state index is 0.295. The van der Waals surface area contributed by atoms with Crippen LogP contribution < -0.4 is 4.90 Å². The first-order valence-electron chi connectivity index (χ1n) is 8.29. The van der Waals surface area contributed by atoms with Crippen LogP contribution in [0.25, 0.3) is 0 Å². The summed E-state index contributed by atoms with van der Waals surface area (Å²) in [5, 5.41) is 0. The molecule has 1 aliphatic heterocycles. The van der Waals surface area contributed by atoms with E-state index in [1.54, 1.807) is 5.56 Å². The summed E-state index contributed by atoms with van der Waals surface area (Å²) in [5.41, 5.74) is 4.33. The van der Waals surface area contributed by atoms with Gasteiger partial charge < -0.3 is 9.64 Å². The van der Waals surface area contributed by atoms with E-state index in [2.05, 4.69) is 56.4 Å². The monoisotopic (exact) mass is 297 g/mol. The maximum Gasteiger partial charge on any atom is 0.186 e. The molecular formula is C20H27NO. The van der Waals surface area contributed by atoms with Gasteiger partial charge in [-0.15, -0.1) is 12.8 Å². The maximum atomic E-state index is 5.79. The maximum absolute atomic E-state index is 5.79. The highest BCUT2D eigenvalue weighted by molar-refractivity contribution is 5.56. The van der Waals surface area contributed by atoms with Gasteiger partial charge in [-0.2, -0.15) is 0 Å². The molecule has 2 nitrogen and oxygen atoms in total. The third kappa shape index (κ3) is 3.30. The standard InChI is InChI=1S/C18H25NO.C2H2/c1-4-6-14-9-15-7-8-17(11-16(15)10-14)19-12-18(5-2)20-13(19)3;1-2/h7-8,11,14,18H,3-6,9-10,12H2,1-2H3;1-2H. The van der Waals surface area contributed by atoms with Crippen molar-refractivity contribution in [2.45, 2.75) is 52.1 Å². The molecule has 1 aromatic rings. The van der Waals surface area contributed by atoms with Crippen LogP contribution in [0.5, 0.6) is 0 Å². The number of terminal acetylenes is 1. The first kappa shape index (κ1) is 16.5. The average molecular weight is 297 g/mol. The van der Waals surface area contributed by atoms with Gasteiger partial charge in [-0.1, -0.05) is 32.8 Å². The Morgan fingerprint density at radius 2 is 1.95 bits per heavy atom. The lowest BCUT2D eigenvalue weighted by atomic mass is 10.0. The second-order valence-corrected chi connectivity index (χ2v) is 6.17. The molecule has 2 unspecified atom stereocenters. The molecule has 0 spiro atoms. The Morgan fingerprint density at radius 3 is 2.59 bits per heavy atom. The van der Waals surface area contributed by atoms with Crippen LogP contribution in [0.3, 0.4) is 0 Å². The van der Waals surface area contributed by atoms with Crippen LogP contribution in [0.4, 0.5) is 5.69 Å². The molecule has 3 rings (SSSR count). The third-order valence-electron chi connectivity index (χ3n) is 4.66. The van der Waals surface area contributed by atoms with E-state index < -0.39 is 0 Å². The fourth-order valence-corrected chi connectivity index (χ4v) is 3.54. The number of nitrogens with zero attached hydrogens (tertiary/aromatic N) is 1. The number of ether oxygens (including phenoxy) is 1. The van der Waals surface area contributed by atoms with Crippen LogP contribution in [0.15, 0.2) is 30.7 Å². The van der Waals surface area contributed by atoms with E-state index in [-0.39, 0.29) is 0 Å². The van der Waals surface area contributed by atoms with Crippen LogP contribution >= 0.6 is 0 Å². The largest absolute Gasteiger partial charge is 0.474 e. The number of hydrogen-bond donors (Lipinski definition) is 0. The Labute approximate surface area is 135 Å². The van der Waals surface area contributed by atoms with E-state index >= 15 is 0 Å². The average Bonchev–Trinajstić information content (AvgIpc) is 3.11. The molecule has 0 radical (unpaired) electrons. The molecule has 0 saturated carbocycles. The molecule has 2 atom stereocenters. The molecule has 2 aliphatic rings. The van der Waals surface area contributed by atoms with Gasteiger partial charge in [0, 0.05) is 5.69 Å². The molecule has 1 aliphatic carbocycles. The van der Waals surface area contributed by atoms with Crippen LogP contribution in [0.2, 0.25) is 0 Å². The molecule has 0 aromatic heterocycles. The van der Waals surface area contributed by atoms with Crippen molar-refractivity contribution in [3.63, 3.8) is 0 Å². The summed E-state index contributed by atoms with van der Waals surface area (Å²) in [6, 6.07) is 6.91. The zero-order chi connectivity index (χ0) is 16.1. The first-order valence-corrected chi connectivity index (χ1v) is 8.29. The van der Waals surface area contributed by atoms with Gasteiger partial charge in [0.25, 0.3) is 0 Å². The van der Waals surface area contributed by atoms with Gasteiger partial charge >= 0.3 is 0 Å². The molecular weight excluding hydrogens is 270 g/mol. The molecule has 1 fully saturated rings. The highest BCUT2D eigenvalue weighted by atomic mass is 16.5. The van der Waals surface area contributed by atoms with E-state index in [1.807, 2.05) is 0 Å². The molecule has 0 bridgehead atoms. The van der Waals surface area contributed by atoms with Gasteiger partial charge in [0.2, 0.25) is 0 Å². The van der Waals surface area contributed by atoms with Crippen molar-refractivity contribution < 1.29 is 4.74 Å². The van der Waals surface area contributed by atoms with Crippen molar-refractivity contribution >= 4 is 5.69 Å². The molecule has 1 aromatic carbocycles. The summed E-state index contributed by atoms with van der Waals surface area (Å²) in [6.45, 7) is 9.44. The molecule has 2 heteroatoms. The minimum absolute atomic E-state index is 0.295. The molecule has 0 amide bonds. The summed E-state index contributed by atoms with van der Waals surface area (Å²) >= 11 is 0. The van der Waals surface area contributed by atoms with Crippen molar-refractivity contribution in [3.05, 3.63) is 41.8 Å². The highest BCUT2D eigenvalue weighted by Crippen LogP contribution is 2.35. The molecule has 22 heavy (non-hydrogen) atoms. The first-order chi connectivity index (χ1) is 10.7. The Morgan fingerprint density at radius 1 is 1.23 bits per heavy atom. The minimum Gasteiger partial charge on any atom is -0.474 e. The summed E-state index contributed by atoms with van der Waals surface area (Å²) in [5.74, 6) is 1.66. The predicted octanol–water partition coefficient (Wildman–Crippen LogP) is 4.54. The van der Waals surface area contributed by atoms with Gasteiger partial charge in [-0.05, 0) is 55.0 Å². The molecule has 1 heterocycles. The van der Waals surface area contributed by atoms with Crippen molar-refractivity contribution in [3.8, 4) is 12.8 Å². The van der Waals surface area contributed by atoms with Crippen LogP contribution in [-0.4, -0.2) is 12.6 Å². The normalized spacial score (nSPS) is 22.7. The van der Waals surface area contributed by atoms with Gasteiger partial charge in [-0.25, -0.2) is 0 Å². The Kier molecular flexibility index (Phi) is 5.55. The van der Waals surface area contributed by atoms with Crippen molar-refractivity contribution in [1.82, 2.24) is 0 Å². The lowest BCUT2D eigenvalue weighted by Crippen LogP contribution is -2.19. The number of hydrogen-bond acceptors (Lipinski definition) is 2. The van der Waals surface area contributed by atoms with Crippen molar-refractivity contribution in [2.75, 3.05) is 11.4 Å². The molecule has 118 valence electrons. The smallest absolute Gasteiger partial charge is 0.186 e. The SMILES string of the molecule is C#C.C=C1OC(CC)CN1c1ccc2c(c1)CC(CCC)C2. The summed E-state index contributed by atoms with van der Waals surface area (Å²) in [4.78, 5) is 2.22. The number of anilines is 1.